The molecule has 3 heteroatoms. The second-order valence-electron chi connectivity index (χ2n) is 6.43. The maximum absolute atomic E-state index is 12.0. The summed E-state index contributed by atoms with van der Waals surface area (Å²) >= 11 is 0. The Balaban J connectivity index is 2.00. The number of hydrogen-bond donors (Lipinski definition) is 0. The average molecular weight is 238 g/mol. The Morgan fingerprint density at radius 1 is 1.18 bits per heavy atom. The molecule has 0 aromatic heterocycles. The van der Waals surface area contributed by atoms with Crippen LogP contribution in [0.3, 0.4) is 0 Å². The van der Waals surface area contributed by atoms with Crippen molar-refractivity contribution in [2.45, 2.75) is 58.5 Å². The van der Waals surface area contributed by atoms with E-state index in [1.54, 1.807) is 0 Å². The van der Waals surface area contributed by atoms with Crippen molar-refractivity contribution >= 4 is 11.8 Å². The number of Topliss-reactive ketones (excluding diaryl/α,β-unsaturated/α-hetero) is 1. The minimum atomic E-state index is -0.423. The number of esters is 1. The highest BCUT2D eigenvalue weighted by atomic mass is 16.6. The second kappa shape index (κ2) is 4.43. The third-order valence-electron chi connectivity index (χ3n) is 3.79. The topological polar surface area (TPSA) is 43.4 Å². The van der Waals surface area contributed by atoms with Gasteiger partial charge < -0.3 is 4.74 Å². The van der Waals surface area contributed by atoms with E-state index in [-0.39, 0.29) is 23.7 Å². The summed E-state index contributed by atoms with van der Waals surface area (Å²) in [6.07, 6.45) is 4.50. The lowest BCUT2D eigenvalue weighted by atomic mass is 9.67. The predicted octanol–water partition coefficient (Wildman–Crippen LogP) is 2.72. The van der Waals surface area contributed by atoms with E-state index >= 15 is 0 Å². The number of carbonyl (C=O) groups is 2. The first-order valence-corrected chi connectivity index (χ1v) is 6.63. The van der Waals surface area contributed by atoms with E-state index in [9.17, 15) is 9.59 Å². The van der Waals surface area contributed by atoms with E-state index in [1.165, 1.54) is 0 Å². The summed E-state index contributed by atoms with van der Waals surface area (Å²) in [5, 5.41) is 0. The minimum Gasteiger partial charge on any atom is -0.460 e. The molecule has 2 atom stereocenters. The molecule has 3 nitrogen and oxygen atoms in total. The van der Waals surface area contributed by atoms with E-state index in [0.717, 1.165) is 19.3 Å². The van der Waals surface area contributed by atoms with Crippen molar-refractivity contribution in [2.24, 2.45) is 17.8 Å². The molecule has 0 heterocycles. The van der Waals surface area contributed by atoms with Gasteiger partial charge in [-0.15, -0.1) is 0 Å². The summed E-state index contributed by atoms with van der Waals surface area (Å²) in [5.74, 6) is 0.486. The van der Waals surface area contributed by atoms with Crippen molar-refractivity contribution in [3.05, 3.63) is 0 Å². The fraction of sp³-hybridized carbons (Fsp3) is 0.857. The molecule has 0 radical (unpaired) electrons. The van der Waals surface area contributed by atoms with Gasteiger partial charge in [-0.25, -0.2) is 0 Å². The smallest absolute Gasteiger partial charge is 0.309 e. The van der Waals surface area contributed by atoms with E-state index < -0.39 is 5.60 Å². The van der Waals surface area contributed by atoms with Gasteiger partial charge in [-0.1, -0.05) is 6.42 Å². The van der Waals surface area contributed by atoms with Crippen LogP contribution < -0.4 is 0 Å². The highest BCUT2D eigenvalue weighted by Crippen LogP contribution is 2.40. The van der Waals surface area contributed by atoms with Crippen LogP contribution in [0.15, 0.2) is 0 Å². The van der Waals surface area contributed by atoms with Gasteiger partial charge in [0.15, 0.2) is 0 Å². The molecule has 0 saturated heterocycles. The Bertz CT molecular complexity index is 311. The van der Waals surface area contributed by atoms with Crippen molar-refractivity contribution < 1.29 is 14.3 Å². The Kier molecular flexibility index (Phi) is 3.28. The molecule has 2 saturated carbocycles. The second-order valence-corrected chi connectivity index (χ2v) is 6.43. The third kappa shape index (κ3) is 2.88. The normalized spacial score (nSPS) is 33.4. The van der Waals surface area contributed by atoms with Crippen molar-refractivity contribution in [1.29, 1.82) is 0 Å². The Morgan fingerprint density at radius 3 is 2.18 bits per heavy atom. The van der Waals surface area contributed by atoms with Gasteiger partial charge in [-0.05, 0) is 46.5 Å². The summed E-state index contributed by atoms with van der Waals surface area (Å²) in [6, 6.07) is 0. The monoisotopic (exact) mass is 238 g/mol. The fourth-order valence-corrected chi connectivity index (χ4v) is 3.06. The van der Waals surface area contributed by atoms with E-state index in [2.05, 4.69) is 0 Å². The zero-order valence-corrected chi connectivity index (χ0v) is 11.0. The molecule has 2 aliphatic rings. The molecule has 2 bridgehead atoms. The quantitative estimate of drug-likeness (QED) is 0.660. The zero-order chi connectivity index (χ0) is 12.6. The number of rotatable bonds is 1. The first-order valence-electron chi connectivity index (χ1n) is 6.63. The van der Waals surface area contributed by atoms with E-state index in [1.807, 2.05) is 20.8 Å². The van der Waals surface area contributed by atoms with Crippen molar-refractivity contribution in [2.75, 3.05) is 0 Å². The number of ether oxygens (including phenoxy) is 1. The highest BCUT2D eigenvalue weighted by molar-refractivity contribution is 5.87. The van der Waals surface area contributed by atoms with Crippen molar-refractivity contribution in [3.63, 3.8) is 0 Å². The molecule has 0 aromatic carbocycles. The number of ketones is 1. The van der Waals surface area contributed by atoms with Gasteiger partial charge in [0.2, 0.25) is 0 Å². The lowest BCUT2D eigenvalue weighted by molar-refractivity contribution is -0.163. The van der Waals surface area contributed by atoms with Gasteiger partial charge in [0, 0.05) is 11.8 Å². The number of fused-ring (bicyclic) bond motifs is 2. The standard InChI is InChI=1S/C14H22O3/c1-14(2,3)17-13(16)11-7-9-5-4-6-10(8-11)12(9)15/h9-11H,4-8H2,1-3H3. The Morgan fingerprint density at radius 2 is 1.71 bits per heavy atom. The molecule has 0 aliphatic heterocycles. The first kappa shape index (κ1) is 12.6. The van der Waals surface area contributed by atoms with Crippen LogP contribution in [0.5, 0.6) is 0 Å². The van der Waals surface area contributed by atoms with Crippen LogP contribution in [0.4, 0.5) is 0 Å². The van der Waals surface area contributed by atoms with Gasteiger partial charge in [-0.3, -0.25) is 9.59 Å². The van der Waals surface area contributed by atoms with Crippen LogP contribution in [0.1, 0.15) is 52.9 Å². The summed E-state index contributed by atoms with van der Waals surface area (Å²) in [5.41, 5.74) is -0.423. The molecule has 0 spiro atoms. The molecule has 0 amide bonds. The Labute approximate surface area is 103 Å². The molecule has 0 aromatic rings. The van der Waals surface area contributed by atoms with Crippen molar-refractivity contribution in [1.82, 2.24) is 0 Å². The lowest BCUT2D eigenvalue weighted by Crippen LogP contribution is -2.41. The summed E-state index contributed by atoms with van der Waals surface area (Å²) in [4.78, 5) is 23.9. The SMILES string of the molecule is CC(C)(C)OC(=O)C1CC2CCCC(C1)C2=O. The van der Waals surface area contributed by atoms with Crippen LogP contribution in [0, 0.1) is 17.8 Å². The summed E-state index contributed by atoms with van der Waals surface area (Å²) < 4.78 is 5.43. The summed E-state index contributed by atoms with van der Waals surface area (Å²) in [7, 11) is 0. The maximum Gasteiger partial charge on any atom is 0.309 e. The largest absolute Gasteiger partial charge is 0.460 e. The molecule has 2 rings (SSSR count). The van der Waals surface area contributed by atoms with E-state index in [0.29, 0.717) is 18.6 Å². The molecular formula is C14H22O3. The Hall–Kier alpha value is -0.860. The molecule has 2 unspecified atom stereocenters. The van der Waals surface area contributed by atoms with Gasteiger partial charge in [0.1, 0.15) is 11.4 Å². The minimum absolute atomic E-state index is 0.0535. The molecule has 0 N–H and O–H groups in total. The summed E-state index contributed by atoms with van der Waals surface area (Å²) in [6.45, 7) is 5.67. The molecule has 96 valence electrons. The van der Waals surface area contributed by atoms with E-state index in [4.69, 9.17) is 4.74 Å². The maximum atomic E-state index is 12.0. The van der Waals surface area contributed by atoms with Crippen LogP contribution in [0.25, 0.3) is 0 Å². The number of carbonyl (C=O) groups excluding carboxylic acids is 2. The van der Waals surface area contributed by atoms with Crippen LogP contribution >= 0.6 is 0 Å². The third-order valence-corrected chi connectivity index (χ3v) is 3.79. The van der Waals surface area contributed by atoms with Gasteiger partial charge in [0.05, 0.1) is 5.92 Å². The van der Waals surface area contributed by atoms with Gasteiger partial charge >= 0.3 is 5.97 Å². The molecule has 2 fully saturated rings. The molecule has 17 heavy (non-hydrogen) atoms. The lowest BCUT2D eigenvalue weighted by Gasteiger charge is -2.37. The van der Waals surface area contributed by atoms with Gasteiger partial charge in [0.25, 0.3) is 0 Å². The zero-order valence-electron chi connectivity index (χ0n) is 11.0. The number of hydrogen-bond acceptors (Lipinski definition) is 3. The molecule has 2 aliphatic carbocycles. The molecular weight excluding hydrogens is 216 g/mol. The first-order chi connectivity index (χ1) is 7.87. The van der Waals surface area contributed by atoms with Crippen molar-refractivity contribution in [3.8, 4) is 0 Å². The van der Waals surface area contributed by atoms with Crippen LogP contribution in [-0.2, 0) is 14.3 Å². The van der Waals surface area contributed by atoms with Crippen LogP contribution in [0.2, 0.25) is 0 Å². The van der Waals surface area contributed by atoms with Gasteiger partial charge in [-0.2, -0.15) is 0 Å². The van der Waals surface area contributed by atoms with Crippen LogP contribution in [-0.4, -0.2) is 17.4 Å². The fourth-order valence-electron chi connectivity index (χ4n) is 3.06. The average Bonchev–Trinajstić information content (AvgIpc) is 2.13. The predicted molar refractivity (Wildman–Crippen MR) is 64.4 cm³/mol. The highest BCUT2D eigenvalue weighted by Gasteiger charge is 2.42.